The van der Waals surface area contributed by atoms with Crippen LogP contribution in [0.5, 0.6) is 0 Å². The Morgan fingerprint density at radius 1 is 1.42 bits per heavy atom. The van der Waals surface area contributed by atoms with E-state index in [1.54, 1.807) is 0 Å². The lowest BCUT2D eigenvalue weighted by Crippen LogP contribution is -2.44. The number of nitrogens with one attached hydrogen (secondary N) is 2. The summed E-state index contributed by atoms with van der Waals surface area (Å²) in [6.07, 6.45) is 2.03. The highest BCUT2D eigenvalue weighted by Gasteiger charge is 2.25. The van der Waals surface area contributed by atoms with E-state index in [2.05, 4.69) is 36.3 Å². The fraction of sp³-hybridized carbons (Fsp3) is 0.714. The van der Waals surface area contributed by atoms with Crippen molar-refractivity contribution in [2.75, 3.05) is 20.1 Å². The number of aromatic nitrogens is 2. The highest BCUT2D eigenvalue weighted by Crippen LogP contribution is 2.21. The molecule has 5 heteroatoms. The Morgan fingerprint density at radius 2 is 2.05 bits per heavy atom. The first-order chi connectivity index (χ1) is 8.91. The molecule has 0 atom stereocenters. The zero-order chi connectivity index (χ0) is 14.0. The molecule has 0 unspecified atom stereocenters. The van der Waals surface area contributed by atoms with Crippen molar-refractivity contribution < 1.29 is 4.79 Å². The van der Waals surface area contributed by atoms with Gasteiger partial charge in [0.1, 0.15) is 5.69 Å². The number of carbonyl (C=O) groups is 1. The number of rotatable bonds is 2. The number of aromatic amines is 1. The highest BCUT2D eigenvalue weighted by molar-refractivity contribution is 5.92. The van der Waals surface area contributed by atoms with Crippen LogP contribution in [0.25, 0.3) is 0 Å². The fourth-order valence-electron chi connectivity index (χ4n) is 2.35. The first-order valence-corrected chi connectivity index (χ1v) is 6.94. The van der Waals surface area contributed by atoms with Crippen LogP contribution in [0.2, 0.25) is 0 Å². The average Bonchev–Trinajstić information content (AvgIpc) is 2.87. The lowest BCUT2D eigenvalue weighted by molar-refractivity contribution is 0.0701. The third-order valence-corrected chi connectivity index (χ3v) is 3.80. The minimum Gasteiger partial charge on any atom is -0.337 e. The SMILES string of the molecule is CNC1CCN(C(=O)c2cc(C(C)(C)C)[nH]n2)CC1. The van der Waals surface area contributed by atoms with Gasteiger partial charge in [-0.3, -0.25) is 9.89 Å². The summed E-state index contributed by atoms with van der Waals surface area (Å²) in [6, 6.07) is 2.42. The molecule has 1 aromatic heterocycles. The van der Waals surface area contributed by atoms with Crippen LogP contribution in [0.15, 0.2) is 6.07 Å². The molecule has 106 valence electrons. The van der Waals surface area contributed by atoms with Gasteiger partial charge >= 0.3 is 0 Å². The van der Waals surface area contributed by atoms with E-state index in [4.69, 9.17) is 0 Å². The Balaban J connectivity index is 2.02. The van der Waals surface area contributed by atoms with Gasteiger partial charge in [0, 0.05) is 30.2 Å². The molecule has 1 aliphatic rings. The van der Waals surface area contributed by atoms with Gasteiger partial charge in [-0.25, -0.2) is 0 Å². The lowest BCUT2D eigenvalue weighted by atomic mass is 9.92. The molecule has 1 amide bonds. The normalized spacial score (nSPS) is 17.8. The van der Waals surface area contributed by atoms with Crippen LogP contribution in [0.1, 0.15) is 49.8 Å². The summed E-state index contributed by atoms with van der Waals surface area (Å²) in [5.41, 5.74) is 1.53. The first-order valence-electron chi connectivity index (χ1n) is 6.94. The van der Waals surface area contributed by atoms with Crippen LogP contribution in [-0.4, -0.2) is 47.2 Å². The van der Waals surface area contributed by atoms with Gasteiger partial charge in [-0.1, -0.05) is 20.8 Å². The average molecular weight is 264 g/mol. The molecule has 1 fully saturated rings. The molecule has 19 heavy (non-hydrogen) atoms. The summed E-state index contributed by atoms with van der Waals surface area (Å²) >= 11 is 0. The van der Waals surface area contributed by atoms with E-state index >= 15 is 0 Å². The molecule has 2 heterocycles. The summed E-state index contributed by atoms with van der Waals surface area (Å²) in [5, 5.41) is 10.4. The van der Waals surface area contributed by atoms with Crippen LogP contribution in [-0.2, 0) is 5.41 Å². The molecule has 1 aliphatic heterocycles. The molecule has 5 nitrogen and oxygen atoms in total. The summed E-state index contributed by atoms with van der Waals surface area (Å²) in [6.45, 7) is 7.93. The number of piperidine rings is 1. The Hall–Kier alpha value is -1.36. The smallest absolute Gasteiger partial charge is 0.274 e. The number of amides is 1. The molecule has 0 spiro atoms. The number of carbonyl (C=O) groups excluding carboxylic acids is 1. The number of hydrogen-bond donors (Lipinski definition) is 2. The monoisotopic (exact) mass is 264 g/mol. The van der Waals surface area contributed by atoms with Gasteiger partial charge in [0.15, 0.2) is 0 Å². The predicted octanol–water partition coefficient (Wildman–Crippen LogP) is 1.53. The third-order valence-electron chi connectivity index (χ3n) is 3.80. The van der Waals surface area contributed by atoms with Crippen LogP contribution < -0.4 is 5.32 Å². The van der Waals surface area contributed by atoms with Crippen molar-refractivity contribution >= 4 is 5.91 Å². The number of H-pyrrole nitrogens is 1. The third kappa shape index (κ3) is 3.15. The van der Waals surface area contributed by atoms with Crippen molar-refractivity contribution in [2.45, 2.75) is 45.1 Å². The molecule has 0 bridgehead atoms. The predicted molar refractivity (Wildman–Crippen MR) is 75.3 cm³/mol. The van der Waals surface area contributed by atoms with Gasteiger partial charge in [-0.2, -0.15) is 5.10 Å². The summed E-state index contributed by atoms with van der Waals surface area (Å²) in [5.74, 6) is 0.0429. The minimum absolute atomic E-state index is 0.00927. The van der Waals surface area contributed by atoms with Crippen LogP contribution in [0, 0.1) is 0 Å². The second kappa shape index (κ2) is 5.33. The zero-order valence-electron chi connectivity index (χ0n) is 12.3. The van der Waals surface area contributed by atoms with Gasteiger partial charge in [0.05, 0.1) is 0 Å². The molecule has 2 rings (SSSR count). The van der Waals surface area contributed by atoms with E-state index in [9.17, 15) is 4.79 Å². The lowest BCUT2D eigenvalue weighted by Gasteiger charge is -2.31. The Labute approximate surface area is 114 Å². The second-order valence-corrected chi connectivity index (χ2v) is 6.27. The highest BCUT2D eigenvalue weighted by atomic mass is 16.2. The van der Waals surface area contributed by atoms with Crippen LogP contribution in [0.4, 0.5) is 0 Å². The van der Waals surface area contributed by atoms with Gasteiger partial charge in [-0.15, -0.1) is 0 Å². The van der Waals surface area contributed by atoms with Crippen molar-refractivity contribution in [3.63, 3.8) is 0 Å². The Morgan fingerprint density at radius 3 is 2.53 bits per heavy atom. The number of likely N-dealkylation sites (tertiary alicyclic amines) is 1. The Kier molecular flexibility index (Phi) is 3.94. The quantitative estimate of drug-likeness (QED) is 0.851. The summed E-state index contributed by atoms with van der Waals surface area (Å²) in [4.78, 5) is 14.3. The first kappa shape index (κ1) is 14.1. The zero-order valence-corrected chi connectivity index (χ0v) is 12.3. The molecule has 0 saturated carbocycles. The summed E-state index contributed by atoms with van der Waals surface area (Å²) in [7, 11) is 1.98. The molecule has 0 aromatic carbocycles. The molecule has 1 aromatic rings. The minimum atomic E-state index is -0.00927. The van der Waals surface area contributed by atoms with Gasteiger partial charge in [-0.05, 0) is 26.0 Å². The van der Waals surface area contributed by atoms with Gasteiger partial charge in [0.2, 0.25) is 0 Å². The van der Waals surface area contributed by atoms with Crippen LogP contribution >= 0.6 is 0 Å². The van der Waals surface area contributed by atoms with Crippen molar-refractivity contribution in [1.82, 2.24) is 20.4 Å². The van der Waals surface area contributed by atoms with Crippen LogP contribution in [0.3, 0.4) is 0 Å². The number of hydrogen-bond acceptors (Lipinski definition) is 3. The maximum absolute atomic E-state index is 12.4. The molecule has 0 aliphatic carbocycles. The Bertz CT molecular complexity index is 439. The van der Waals surface area contributed by atoms with Crippen molar-refractivity contribution in [1.29, 1.82) is 0 Å². The van der Waals surface area contributed by atoms with E-state index in [-0.39, 0.29) is 11.3 Å². The maximum Gasteiger partial charge on any atom is 0.274 e. The molecular weight excluding hydrogens is 240 g/mol. The molecular formula is C14H24N4O. The fourth-order valence-corrected chi connectivity index (χ4v) is 2.35. The van der Waals surface area contributed by atoms with Crippen molar-refractivity contribution in [3.05, 3.63) is 17.5 Å². The van der Waals surface area contributed by atoms with E-state index < -0.39 is 0 Å². The molecule has 1 saturated heterocycles. The maximum atomic E-state index is 12.4. The number of nitrogens with zero attached hydrogens (tertiary/aromatic N) is 2. The van der Waals surface area contributed by atoms with E-state index in [1.165, 1.54) is 0 Å². The van der Waals surface area contributed by atoms with Crippen molar-refractivity contribution in [3.8, 4) is 0 Å². The van der Waals surface area contributed by atoms with Gasteiger partial charge in [0.25, 0.3) is 5.91 Å². The van der Waals surface area contributed by atoms with Crippen molar-refractivity contribution in [2.24, 2.45) is 0 Å². The molecule has 2 N–H and O–H groups in total. The molecule has 0 radical (unpaired) electrons. The van der Waals surface area contributed by atoms with E-state index in [0.717, 1.165) is 31.6 Å². The van der Waals surface area contributed by atoms with E-state index in [0.29, 0.717) is 11.7 Å². The largest absolute Gasteiger partial charge is 0.337 e. The standard InChI is InChI=1S/C14H24N4O/c1-14(2,3)12-9-11(16-17-12)13(19)18-7-5-10(15-4)6-8-18/h9-10,15H,5-8H2,1-4H3,(H,16,17). The topological polar surface area (TPSA) is 61.0 Å². The van der Waals surface area contributed by atoms with Gasteiger partial charge < -0.3 is 10.2 Å². The van der Waals surface area contributed by atoms with E-state index in [1.807, 2.05) is 18.0 Å². The summed E-state index contributed by atoms with van der Waals surface area (Å²) < 4.78 is 0. The second-order valence-electron chi connectivity index (χ2n) is 6.27.